The van der Waals surface area contributed by atoms with Crippen LogP contribution in [-0.4, -0.2) is 49.5 Å². The molecule has 2 heterocycles. The second-order valence-electron chi connectivity index (χ2n) is 6.67. The molecule has 2 aliphatic heterocycles. The van der Waals surface area contributed by atoms with Gasteiger partial charge in [-0.2, -0.15) is 0 Å². The predicted octanol–water partition coefficient (Wildman–Crippen LogP) is 2.56. The van der Waals surface area contributed by atoms with Crippen LogP contribution in [0.15, 0.2) is 42.5 Å². The lowest BCUT2D eigenvalue weighted by atomic mass is 10.1. The van der Waals surface area contributed by atoms with Crippen molar-refractivity contribution in [3.8, 4) is 5.75 Å². The van der Waals surface area contributed by atoms with E-state index in [9.17, 15) is 9.59 Å². The molecule has 4 rings (SSSR count). The first kappa shape index (κ1) is 17.7. The van der Waals surface area contributed by atoms with Crippen LogP contribution in [0.2, 0.25) is 5.02 Å². The van der Waals surface area contributed by atoms with Gasteiger partial charge >= 0.3 is 0 Å². The van der Waals surface area contributed by atoms with Crippen molar-refractivity contribution in [3.63, 3.8) is 0 Å². The SMILES string of the molecule is O=C1Cc2cc(OCCN3CCN(c4ccc(Cl)cc4)CC3=O)ccc2N1. The average molecular weight is 386 g/mol. The molecule has 0 radical (unpaired) electrons. The van der Waals surface area contributed by atoms with E-state index in [-0.39, 0.29) is 11.8 Å². The van der Waals surface area contributed by atoms with Gasteiger partial charge in [0, 0.05) is 29.5 Å². The van der Waals surface area contributed by atoms with Crippen LogP contribution < -0.4 is 15.0 Å². The molecule has 140 valence electrons. The van der Waals surface area contributed by atoms with Gasteiger partial charge in [-0.1, -0.05) is 11.6 Å². The summed E-state index contributed by atoms with van der Waals surface area (Å²) in [6, 6.07) is 13.1. The van der Waals surface area contributed by atoms with Gasteiger partial charge in [-0.25, -0.2) is 0 Å². The third-order valence-corrected chi connectivity index (χ3v) is 5.09. The van der Waals surface area contributed by atoms with Gasteiger partial charge < -0.3 is 19.9 Å². The summed E-state index contributed by atoms with van der Waals surface area (Å²) >= 11 is 5.92. The Morgan fingerprint density at radius 3 is 2.67 bits per heavy atom. The summed E-state index contributed by atoms with van der Waals surface area (Å²) in [7, 11) is 0. The van der Waals surface area contributed by atoms with Gasteiger partial charge in [0.1, 0.15) is 12.4 Å². The number of nitrogens with one attached hydrogen (secondary N) is 1. The van der Waals surface area contributed by atoms with Crippen molar-refractivity contribution < 1.29 is 14.3 Å². The van der Waals surface area contributed by atoms with Gasteiger partial charge in [-0.05, 0) is 48.0 Å². The number of ether oxygens (including phenoxy) is 1. The van der Waals surface area contributed by atoms with E-state index in [1.165, 1.54) is 0 Å². The lowest BCUT2D eigenvalue weighted by molar-refractivity contribution is -0.131. The van der Waals surface area contributed by atoms with Gasteiger partial charge in [-0.3, -0.25) is 9.59 Å². The number of piperazine rings is 1. The maximum Gasteiger partial charge on any atom is 0.242 e. The number of amides is 2. The Morgan fingerprint density at radius 1 is 1.07 bits per heavy atom. The predicted molar refractivity (Wildman–Crippen MR) is 105 cm³/mol. The Morgan fingerprint density at radius 2 is 1.89 bits per heavy atom. The van der Waals surface area contributed by atoms with Crippen molar-refractivity contribution >= 4 is 34.8 Å². The summed E-state index contributed by atoms with van der Waals surface area (Å²) in [6.07, 6.45) is 0.387. The van der Waals surface area contributed by atoms with Crippen molar-refractivity contribution in [2.75, 3.05) is 43.0 Å². The largest absolute Gasteiger partial charge is 0.492 e. The zero-order chi connectivity index (χ0) is 18.8. The summed E-state index contributed by atoms with van der Waals surface area (Å²) in [6.45, 7) is 2.76. The number of hydrogen-bond acceptors (Lipinski definition) is 4. The van der Waals surface area contributed by atoms with Crippen LogP contribution in [0.3, 0.4) is 0 Å². The molecule has 0 atom stereocenters. The molecule has 6 nitrogen and oxygen atoms in total. The van der Waals surface area contributed by atoms with E-state index in [0.29, 0.717) is 37.7 Å². The number of carbonyl (C=O) groups excluding carboxylic acids is 2. The normalized spacial score (nSPS) is 16.3. The van der Waals surface area contributed by atoms with Gasteiger partial charge in [0.15, 0.2) is 0 Å². The Hall–Kier alpha value is -2.73. The molecular weight excluding hydrogens is 366 g/mol. The van der Waals surface area contributed by atoms with Crippen LogP contribution in [0.5, 0.6) is 5.75 Å². The molecule has 0 spiro atoms. The zero-order valence-corrected chi connectivity index (χ0v) is 15.5. The molecule has 2 aliphatic rings. The average Bonchev–Trinajstić information content (AvgIpc) is 3.03. The highest BCUT2D eigenvalue weighted by molar-refractivity contribution is 6.30. The molecule has 0 aromatic heterocycles. The number of hydrogen-bond donors (Lipinski definition) is 1. The topological polar surface area (TPSA) is 61.9 Å². The van der Waals surface area contributed by atoms with Crippen LogP contribution in [0, 0.1) is 0 Å². The molecule has 1 N–H and O–H groups in total. The summed E-state index contributed by atoms with van der Waals surface area (Å²) in [5.41, 5.74) is 2.80. The molecule has 1 fully saturated rings. The molecule has 2 aromatic rings. The molecule has 0 aliphatic carbocycles. The van der Waals surface area contributed by atoms with Crippen LogP contribution in [-0.2, 0) is 16.0 Å². The Bertz CT molecular complexity index is 869. The van der Waals surface area contributed by atoms with E-state index in [2.05, 4.69) is 10.2 Å². The summed E-state index contributed by atoms with van der Waals surface area (Å²) in [4.78, 5) is 27.7. The van der Waals surface area contributed by atoms with E-state index in [0.717, 1.165) is 29.2 Å². The number of nitrogens with zero attached hydrogens (tertiary/aromatic N) is 2. The quantitative estimate of drug-likeness (QED) is 0.859. The highest BCUT2D eigenvalue weighted by Crippen LogP contribution is 2.27. The Labute approximate surface area is 162 Å². The first-order valence-corrected chi connectivity index (χ1v) is 9.30. The second kappa shape index (κ2) is 7.48. The van der Waals surface area contributed by atoms with Crippen LogP contribution >= 0.6 is 11.6 Å². The molecule has 2 amide bonds. The fourth-order valence-corrected chi connectivity index (χ4v) is 3.51. The van der Waals surface area contributed by atoms with Crippen molar-refractivity contribution in [2.45, 2.75) is 6.42 Å². The molecule has 0 saturated carbocycles. The monoisotopic (exact) mass is 385 g/mol. The molecular formula is C20H20ClN3O3. The minimum absolute atomic E-state index is 0.00584. The third-order valence-electron chi connectivity index (χ3n) is 4.84. The molecule has 2 aromatic carbocycles. The van der Waals surface area contributed by atoms with Gasteiger partial charge in [0.25, 0.3) is 0 Å². The Balaban J connectivity index is 1.27. The molecule has 1 saturated heterocycles. The molecule has 0 unspecified atom stereocenters. The van der Waals surface area contributed by atoms with Crippen molar-refractivity contribution in [1.82, 2.24) is 4.90 Å². The molecule has 27 heavy (non-hydrogen) atoms. The lowest BCUT2D eigenvalue weighted by Crippen LogP contribution is -2.51. The fraction of sp³-hybridized carbons (Fsp3) is 0.300. The van der Waals surface area contributed by atoms with Crippen molar-refractivity contribution in [1.29, 1.82) is 0 Å². The maximum absolute atomic E-state index is 12.4. The standard InChI is InChI=1S/C20H20ClN3O3/c21-15-1-3-16(4-2-15)24-8-7-23(20(26)13-24)9-10-27-17-5-6-18-14(11-17)12-19(25)22-18/h1-6,11H,7-10,12-13H2,(H,22,25). The van der Waals surface area contributed by atoms with Crippen LogP contribution in [0.25, 0.3) is 0 Å². The number of fused-ring (bicyclic) bond motifs is 1. The number of rotatable bonds is 5. The zero-order valence-electron chi connectivity index (χ0n) is 14.8. The maximum atomic E-state index is 12.4. The second-order valence-corrected chi connectivity index (χ2v) is 7.11. The van der Waals surface area contributed by atoms with Crippen LogP contribution in [0.4, 0.5) is 11.4 Å². The van der Waals surface area contributed by atoms with E-state index in [1.54, 1.807) is 0 Å². The van der Waals surface area contributed by atoms with Crippen molar-refractivity contribution in [3.05, 3.63) is 53.1 Å². The highest BCUT2D eigenvalue weighted by Gasteiger charge is 2.24. The third kappa shape index (κ3) is 4.01. The van der Waals surface area contributed by atoms with Crippen LogP contribution in [0.1, 0.15) is 5.56 Å². The van der Waals surface area contributed by atoms with Gasteiger partial charge in [-0.15, -0.1) is 0 Å². The van der Waals surface area contributed by atoms with E-state index in [1.807, 2.05) is 47.4 Å². The highest BCUT2D eigenvalue weighted by atomic mass is 35.5. The minimum atomic E-state index is 0.00584. The van der Waals surface area contributed by atoms with Crippen molar-refractivity contribution in [2.24, 2.45) is 0 Å². The number of carbonyl (C=O) groups is 2. The first-order chi connectivity index (χ1) is 13.1. The number of halogens is 1. The summed E-state index contributed by atoms with van der Waals surface area (Å²) < 4.78 is 5.78. The Kier molecular flexibility index (Phi) is 4.90. The first-order valence-electron chi connectivity index (χ1n) is 8.92. The molecule has 7 heteroatoms. The summed E-state index contributed by atoms with van der Waals surface area (Å²) in [5.74, 6) is 0.812. The fourth-order valence-electron chi connectivity index (χ4n) is 3.39. The van der Waals surface area contributed by atoms with E-state index >= 15 is 0 Å². The summed E-state index contributed by atoms with van der Waals surface area (Å²) in [5, 5.41) is 3.49. The van der Waals surface area contributed by atoms with E-state index < -0.39 is 0 Å². The molecule has 0 bridgehead atoms. The number of benzene rings is 2. The van der Waals surface area contributed by atoms with E-state index in [4.69, 9.17) is 16.3 Å². The minimum Gasteiger partial charge on any atom is -0.492 e. The van der Waals surface area contributed by atoms with Gasteiger partial charge in [0.2, 0.25) is 11.8 Å². The number of anilines is 2. The van der Waals surface area contributed by atoms with Gasteiger partial charge in [0.05, 0.1) is 19.5 Å². The smallest absolute Gasteiger partial charge is 0.242 e. The lowest BCUT2D eigenvalue weighted by Gasteiger charge is -2.35.